The summed E-state index contributed by atoms with van der Waals surface area (Å²) in [7, 11) is 0. The van der Waals surface area contributed by atoms with Crippen molar-refractivity contribution >= 4 is 0 Å². The van der Waals surface area contributed by atoms with Gasteiger partial charge in [-0.25, -0.2) is 0 Å². The van der Waals surface area contributed by atoms with Crippen molar-refractivity contribution in [1.29, 1.82) is 0 Å². The van der Waals surface area contributed by atoms with E-state index >= 15 is 0 Å². The Morgan fingerprint density at radius 1 is 0.250 bits per heavy atom. The van der Waals surface area contributed by atoms with Gasteiger partial charge in [0, 0.05) is 0 Å². The third-order valence-electron chi connectivity index (χ3n) is 0. The van der Waals surface area contributed by atoms with Crippen molar-refractivity contribution in [3.8, 4) is 0 Å². The summed E-state index contributed by atoms with van der Waals surface area (Å²) in [6.07, 6.45) is 0. The van der Waals surface area contributed by atoms with Gasteiger partial charge in [0.2, 0.25) is 0 Å². The lowest BCUT2D eigenvalue weighted by Gasteiger charge is -1.00. The van der Waals surface area contributed by atoms with Crippen LogP contribution in [0.4, 0.5) is 0 Å². The first-order valence-electron chi connectivity index (χ1n) is 0. The van der Waals surface area contributed by atoms with Crippen LogP contribution in [-0.2, 0) is 0 Å². The summed E-state index contributed by atoms with van der Waals surface area (Å²) >= 11 is 0. The van der Waals surface area contributed by atoms with Gasteiger partial charge in [-0.3, -0.25) is 0 Å². The average Bonchev–Trinajstić information content (AvgIpc) is 0. The average molecular weight is 76.0 g/mol. The molecule has 4 heteroatoms. The van der Waals surface area contributed by atoms with E-state index in [1.54, 1.807) is 0 Å². The van der Waals surface area contributed by atoms with Crippen LogP contribution in [0.25, 0.3) is 0 Å². The Morgan fingerprint density at radius 2 is 0.250 bits per heavy atom. The van der Waals surface area contributed by atoms with Gasteiger partial charge in [-0.15, -0.1) is 0 Å². The highest BCUT2D eigenvalue weighted by Gasteiger charge is -0.997. The molecule has 32 valence electrons. The molecular weight excluding hydrogens is 76.0 g/mol. The Hall–Kier alpha value is -0.280. The van der Waals surface area contributed by atoms with Gasteiger partial charge in [0.1, 0.15) is 0 Å². The Bertz CT molecular complexity index is 0. The molecular formula is F4-4. The van der Waals surface area contributed by atoms with Crippen LogP contribution in [-0.4, -0.2) is 0 Å². The molecule has 0 aromatic heterocycles. The highest BCUT2D eigenvalue weighted by Crippen LogP contribution is -2.99. The number of hydrogen-bond donors (Lipinski definition) is 0. The molecule has 0 rings (SSSR count). The largest absolute Gasteiger partial charge is 1.00 e. The van der Waals surface area contributed by atoms with Crippen LogP contribution in [0, 0.1) is 0 Å². The maximum absolute atomic E-state index is 0. The van der Waals surface area contributed by atoms with Gasteiger partial charge in [-0.05, 0) is 0 Å². The molecule has 0 unspecified atom stereocenters. The molecule has 0 nitrogen and oxygen atoms in total. The molecule has 0 N–H and O–H groups in total. The van der Waals surface area contributed by atoms with Crippen molar-refractivity contribution in [1.82, 2.24) is 0 Å². The van der Waals surface area contributed by atoms with E-state index in [4.69, 9.17) is 0 Å². The molecule has 0 aliphatic heterocycles. The summed E-state index contributed by atoms with van der Waals surface area (Å²) in [5.74, 6) is 0. The zero-order chi connectivity index (χ0) is 0. The molecule has 0 saturated heterocycles. The minimum Gasteiger partial charge on any atom is -1.00 e. The molecule has 0 aromatic rings. The summed E-state index contributed by atoms with van der Waals surface area (Å²) in [4.78, 5) is 0. The Kier molecular flexibility index (Phi) is 9010. The Labute approximate surface area is 20.3 Å². The van der Waals surface area contributed by atoms with E-state index in [2.05, 4.69) is 0 Å². The zero-order valence-electron chi connectivity index (χ0n) is 1.51. The number of rotatable bonds is 0. The topological polar surface area (TPSA) is 0 Å². The molecule has 4 heavy (non-hydrogen) atoms. The van der Waals surface area contributed by atoms with Crippen LogP contribution in [0.3, 0.4) is 0 Å². The highest BCUT2D eigenvalue weighted by molar-refractivity contribution is 0.00300. The SMILES string of the molecule is [F-].[F-].[F-].[F-]. The van der Waals surface area contributed by atoms with E-state index in [-0.39, 0.29) is 18.8 Å². The molecule has 0 heterocycles. The molecule has 0 aliphatic carbocycles. The van der Waals surface area contributed by atoms with Gasteiger partial charge in [0.25, 0.3) is 0 Å². The van der Waals surface area contributed by atoms with Crippen LogP contribution in [0.2, 0.25) is 0 Å². The van der Waals surface area contributed by atoms with Crippen molar-refractivity contribution in [3.05, 3.63) is 0 Å². The molecule has 0 atom stereocenters. The quantitative estimate of drug-likeness (QED) is 0.251. The van der Waals surface area contributed by atoms with Gasteiger partial charge in [-0.1, -0.05) is 0 Å². The van der Waals surface area contributed by atoms with E-state index in [1.807, 2.05) is 0 Å². The smallest absolute Gasteiger partial charge is 1.00 e. The van der Waals surface area contributed by atoms with Gasteiger partial charge >= 0.3 is 0 Å². The maximum atomic E-state index is 0. The normalized spacial score (nSPS) is 0. The predicted octanol–water partition coefficient (Wildman–Crippen LogP) is -12.0. The molecule has 0 radical (unpaired) electrons. The van der Waals surface area contributed by atoms with E-state index in [9.17, 15) is 0 Å². The van der Waals surface area contributed by atoms with Crippen molar-refractivity contribution in [2.24, 2.45) is 0 Å². The molecule has 0 amide bonds. The second-order valence-electron chi connectivity index (χ2n) is 0. The lowest BCUT2D eigenvalue weighted by Crippen LogP contribution is -3.00. The van der Waals surface area contributed by atoms with Crippen LogP contribution < -0.4 is 18.8 Å². The maximum Gasteiger partial charge on any atom is -1.00 e. The van der Waals surface area contributed by atoms with Crippen LogP contribution >= 0.6 is 0 Å². The van der Waals surface area contributed by atoms with E-state index in [0.29, 0.717) is 0 Å². The molecule has 0 aromatic carbocycles. The molecule has 0 aliphatic rings. The van der Waals surface area contributed by atoms with E-state index < -0.39 is 0 Å². The van der Waals surface area contributed by atoms with Crippen LogP contribution in [0.5, 0.6) is 0 Å². The first kappa shape index (κ1) is 351. The summed E-state index contributed by atoms with van der Waals surface area (Å²) < 4.78 is 0. The first-order valence-corrected chi connectivity index (χ1v) is 0. The molecule has 0 spiro atoms. The second kappa shape index (κ2) is 103. The van der Waals surface area contributed by atoms with Crippen LogP contribution in [0.15, 0.2) is 0 Å². The minimum atomic E-state index is 0. The van der Waals surface area contributed by atoms with Gasteiger partial charge in [-0.2, -0.15) is 0 Å². The lowest BCUT2D eigenvalue weighted by molar-refractivity contribution is -0.00100. The van der Waals surface area contributed by atoms with E-state index in [0.717, 1.165) is 0 Å². The zero-order valence-corrected chi connectivity index (χ0v) is 1.51. The third-order valence-corrected chi connectivity index (χ3v) is 0. The third kappa shape index (κ3) is 11.4. The fraction of sp³-hybridized carbons (Fsp3) is 0. The summed E-state index contributed by atoms with van der Waals surface area (Å²) in [6, 6.07) is 0. The highest BCUT2D eigenvalue weighted by atomic mass is 19.0. The number of halogens is 4. The summed E-state index contributed by atoms with van der Waals surface area (Å²) in [5.41, 5.74) is 0. The molecule has 0 saturated carbocycles. The monoisotopic (exact) mass is 76.0 g/mol. The molecule has 0 fully saturated rings. The van der Waals surface area contributed by atoms with Gasteiger partial charge in [0.05, 0.1) is 0 Å². The van der Waals surface area contributed by atoms with Crippen molar-refractivity contribution in [3.63, 3.8) is 0 Å². The standard InChI is InChI=1S/4FH/h4*1H/p-4. The first-order chi connectivity index (χ1) is 0. The van der Waals surface area contributed by atoms with Crippen molar-refractivity contribution < 1.29 is 18.8 Å². The van der Waals surface area contributed by atoms with Gasteiger partial charge in [0.15, 0.2) is 0 Å². The predicted molar refractivity (Wildman–Crippen MR) is 0 cm³/mol. The lowest BCUT2D eigenvalue weighted by atomic mass is 19.0. The summed E-state index contributed by atoms with van der Waals surface area (Å²) in [5, 5.41) is 0. The van der Waals surface area contributed by atoms with Crippen molar-refractivity contribution in [2.45, 2.75) is 0 Å². The minimum absolute atomic E-state index is 0. The Morgan fingerprint density at radius 3 is 0.250 bits per heavy atom. The van der Waals surface area contributed by atoms with Crippen LogP contribution in [0.1, 0.15) is 0 Å². The fourth-order valence-electron chi connectivity index (χ4n) is 0. The molecule has 0 bridgehead atoms. The number of hydrogen-bond acceptors (Lipinski definition) is 0. The van der Waals surface area contributed by atoms with Crippen molar-refractivity contribution in [2.75, 3.05) is 0 Å². The second-order valence-corrected chi connectivity index (χ2v) is 0. The van der Waals surface area contributed by atoms with Gasteiger partial charge < -0.3 is 18.8 Å². The fourth-order valence-corrected chi connectivity index (χ4v) is 0. The Balaban J connectivity index is 0. The summed E-state index contributed by atoms with van der Waals surface area (Å²) in [6.45, 7) is 0. The van der Waals surface area contributed by atoms with E-state index in [1.165, 1.54) is 0 Å².